The van der Waals surface area contributed by atoms with Gasteiger partial charge in [-0.15, -0.1) is 0 Å². The van der Waals surface area contributed by atoms with E-state index in [0.29, 0.717) is 12.2 Å². The Bertz CT molecular complexity index is 440. The molecule has 24 heavy (non-hydrogen) atoms. The highest BCUT2D eigenvalue weighted by molar-refractivity contribution is 14.1. The van der Waals surface area contributed by atoms with E-state index in [0.717, 1.165) is 12.7 Å². The van der Waals surface area contributed by atoms with Crippen LogP contribution in [0.2, 0.25) is 0 Å². The largest absolute Gasteiger partial charge is 0.346 e. The van der Waals surface area contributed by atoms with E-state index in [9.17, 15) is 19.2 Å². The van der Waals surface area contributed by atoms with Crippen LogP contribution in [-0.2, 0) is 19.2 Å². The maximum absolute atomic E-state index is 11.8. The van der Waals surface area contributed by atoms with Crippen molar-refractivity contribution >= 4 is 79.1 Å². The molecule has 0 heterocycles. The number of aldehydes is 1. The molecule has 2 amide bonds. The fourth-order valence-electron chi connectivity index (χ4n) is 1.64. The Morgan fingerprint density at radius 1 is 1.25 bits per heavy atom. The number of hydrogen-bond donors (Lipinski definition) is 3. The SMILES string of the molecule is CC[C@H](C)[C@H](NC(=O)CNC(=O)CSCC[C@@H](C=O)NI)C(=O)I. The second-order valence-corrected chi connectivity index (χ2v) is 8.00. The Kier molecular flexibility index (Phi) is 14.3. The summed E-state index contributed by atoms with van der Waals surface area (Å²) < 4.78 is 2.71. The minimum absolute atomic E-state index is 0.0434. The molecule has 0 aliphatic carbocycles. The monoisotopic (exact) mass is 583 g/mol. The number of halogens is 2. The van der Waals surface area contributed by atoms with Gasteiger partial charge < -0.3 is 15.4 Å². The summed E-state index contributed by atoms with van der Waals surface area (Å²) in [6.45, 7) is 3.70. The maximum Gasteiger partial charge on any atom is 0.240 e. The van der Waals surface area contributed by atoms with Crippen LogP contribution in [0.25, 0.3) is 0 Å². The predicted octanol–water partition coefficient (Wildman–Crippen LogP) is 1.23. The molecule has 0 aromatic heterocycles. The highest BCUT2D eigenvalue weighted by Crippen LogP contribution is 2.11. The Morgan fingerprint density at radius 3 is 2.42 bits per heavy atom. The van der Waals surface area contributed by atoms with Gasteiger partial charge in [0.25, 0.3) is 0 Å². The zero-order chi connectivity index (χ0) is 18.5. The van der Waals surface area contributed by atoms with Crippen molar-refractivity contribution < 1.29 is 19.2 Å². The molecule has 0 aromatic carbocycles. The summed E-state index contributed by atoms with van der Waals surface area (Å²) in [6.07, 6.45) is 2.25. The summed E-state index contributed by atoms with van der Waals surface area (Å²) in [7, 11) is 0. The van der Waals surface area contributed by atoms with Crippen molar-refractivity contribution in [2.75, 3.05) is 18.1 Å². The van der Waals surface area contributed by atoms with Crippen LogP contribution in [0, 0.1) is 5.92 Å². The first-order chi connectivity index (χ1) is 11.3. The molecule has 3 N–H and O–H groups in total. The van der Waals surface area contributed by atoms with E-state index in [4.69, 9.17) is 0 Å². The van der Waals surface area contributed by atoms with Crippen molar-refractivity contribution in [2.45, 2.75) is 38.8 Å². The number of carbonyl (C=O) groups is 4. The highest BCUT2D eigenvalue weighted by atomic mass is 127. The van der Waals surface area contributed by atoms with Gasteiger partial charge in [-0.05, 0) is 18.1 Å². The molecule has 0 unspecified atom stereocenters. The van der Waals surface area contributed by atoms with Crippen molar-refractivity contribution in [3.05, 3.63) is 0 Å². The van der Waals surface area contributed by atoms with Gasteiger partial charge in [0.05, 0.1) is 18.3 Å². The number of rotatable bonds is 13. The predicted molar refractivity (Wildman–Crippen MR) is 112 cm³/mol. The topological polar surface area (TPSA) is 104 Å². The first kappa shape index (κ1) is 24.1. The van der Waals surface area contributed by atoms with Crippen LogP contribution in [0.15, 0.2) is 0 Å². The third-order valence-electron chi connectivity index (χ3n) is 3.33. The van der Waals surface area contributed by atoms with Crippen LogP contribution in [0.5, 0.6) is 0 Å². The van der Waals surface area contributed by atoms with E-state index in [1.807, 2.05) is 36.7 Å². The van der Waals surface area contributed by atoms with Crippen molar-refractivity contribution in [3.8, 4) is 0 Å². The molecule has 0 spiro atoms. The lowest BCUT2D eigenvalue weighted by Crippen LogP contribution is -2.47. The normalized spacial score (nSPS) is 14.3. The molecule has 138 valence electrons. The second-order valence-electron chi connectivity index (χ2n) is 5.20. The van der Waals surface area contributed by atoms with E-state index in [1.165, 1.54) is 11.8 Å². The highest BCUT2D eigenvalue weighted by Gasteiger charge is 2.23. The van der Waals surface area contributed by atoms with Gasteiger partial charge in [0, 0.05) is 45.5 Å². The Labute approximate surface area is 174 Å². The molecule has 7 nitrogen and oxygen atoms in total. The summed E-state index contributed by atoms with van der Waals surface area (Å²) >= 11 is 4.99. The average Bonchev–Trinajstić information content (AvgIpc) is 2.57. The summed E-state index contributed by atoms with van der Waals surface area (Å²) in [4.78, 5) is 45.7. The molecule has 0 fully saturated rings. The molecule has 0 rings (SSSR count). The van der Waals surface area contributed by atoms with Gasteiger partial charge in [-0.3, -0.25) is 17.9 Å². The third kappa shape index (κ3) is 10.8. The molecule has 0 saturated carbocycles. The van der Waals surface area contributed by atoms with Gasteiger partial charge in [-0.2, -0.15) is 11.8 Å². The van der Waals surface area contributed by atoms with Crippen LogP contribution in [0.1, 0.15) is 26.7 Å². The van der Waals surface area contributed by atoms with Crippen LogP contribution in [0.4, 0.5) is 0 Å². The van der Waals surface area contributed by atoms with Gasteiger partial charge >= 0.3 is 0 Å². The van der Waals surface area contributed by atoms with E-state index in [2.05, 4.69) is 14.2 Å². The number of amides is 2. The van der Waals surface area contributed by atoms with Crippen molar-refractivity contribution in [2.24, 2.45) is 5.92 Å². The first-order valence-electron chi connectivity index (χ1n) is 7.50. The van der Waals surface area contributed by atoms with E-state index < -0.39 is 6.04 Å². The summed E-state index contributed by atoms with van der Waals surface area (Å²) in [5.41, 5.74) is 0. The maximum atomic E-state index is 11.8. The molecule has 0 aromatic rings. The standard InChI is InChI=1S/C14H23I2N3O4S/c1-3-9(2)13(14(15)23)18-11(21)6-17-12(22)8-24-5-4-10(7-20)19-16/h7,9-10,13,19H,3-6,8H2,1-2H3,(H,17,22)(H,18,21)/t9-,10-,13-/m0/s1. The van der Waals surface area contributed by atoms with E-state index in [1.54, 1.807) is 22.6 Å². The van der Waals surface area contributed by atoms with Crippen LogP contribution < -0.4 is 14.2 Å². The van der Waals surface area contributed by atoms with Crippen molar-refractivity contribution in [3.63, 3.8) is 0 Å². The fraction of sp³-hybridized carbons (Fsp3) is 0.714. The van der Waals surface area contributed by atoms with Crippen LogP contribution in [-0.4, -0.2) is 52.0 Å². The van der Waals surface area contributed by atoms with E-state index >= 15 is 0 Å². The summed E-state index contributed by atoms with van der Waals surface area (Å²) in [5.74, 6) is 0.306. The number of carbonyl (C=O) groups excluding carboxylic acids is 4. The van der Waals surface area contributed by atoms with Gasteiger partial charge in [0.15, 0.2) is 0 Å². The molecular formula is C14H23I2N3O4S. The molecule has 3 atom stereocenters. The smallest absolute Gasteiger partial charge is 0.240 e. The minimum Gasteiger partial charge on any atom is -0.346 e. The molecule has 0 bridgehead atoms. The fourth-order valence-corrected chi connectivity index (χ4v) is 3.72. The van der Waals surface area contributed by atoms with Crippen LogP contribution >= 0.6 is 57.2 Å². The van der Waals surface area contributed by atoms with Crippen LogP contribution in [0.3, 0.4) is 0 Å². The molecule has 0 radical (unpaired) electrons. The minimum atomic E-state index is -0.532. The number of hydrogen-bond acceptors (Lipinski definition) is 6. The number of thioether (sulfide) groups is 1. The van der Waals surface area contributed by atoms with Gasteiger partial charge in [-0.1, -0.05) is 20.3 Å². The molecular weight excluding hydrogens is 560 g/mol. The quantitative estimate of drug-likeness (QED) is 0.0992. The Morgan fingerprint density at radius 2 is 1.92 bits per heavy atom. The first-order valence-corrected chi connectivity index (χ1v) is 10.8. The number of nitrogens with one attached hydrogen (secondary N) is 3. The van der Waals surface area contributed by atoms with Gasteiger partial charge in [-0.25, -0.2) is 0 Å². The molecule has 0 aliphatic rings. The zero-order valence-electron chi connectivity index (χ0n) is 13.6. The lowest BCUT2D eigenvalue weighted by Gasteiger charge is -2.20. The lowest BCUT2D eigenvalue weighted by atomic mass is 10.0. The van der Waals surface area contributed by atoms with Gasteiger partial charge in [0.2, 0.25) is 15.6 Å². The molecule has 0 saturated heterocycles. The Hall–Kier alpha value is 0.0500. The van der Waals surface area contributed by atoms with E-state index in [-0.39, 0.29) is 39.9 Å². The lowest BCUT2D eigenvalue weighted by molar-refractivity contribution is -0.126. The third-order valence-corrected chi connectivity index (χ3v) is 5.79. The van der Waals surface area contributed by atoms with Crippen molar-refractivity contribution in [1.82, 2.24) is 14.2 Å². The van der Waals surface area contributed by atoms with Gasteiger partial charge in [0.1, 0.15) is 12.3 Å². The second kappa shape index (κ2) is 14.2. The van der Waals surface area contributed by atoms with Crippen molar-refractivity contribution in [1.29, 1.82) is 0 Å². The summed E-state index contributed by atoms with van der Waals surface area (Å²) in [5, 5.41) is 5.18. The average molecular weight is 583 g/mol. The zero-order valence-corrected chi connectivity index (χ0v) is 18.8. The summed E-state index contributed by atoms with van der Waals surface area (Å²) in [6, 6.07) is -0.745. The molecule has 10 heteroatoms. The Balaban J connectivity index is 4.02. The molecule has 0 aliphatic heterocycles.